The van der Waals surface area contributed by atoms with Crippen LogP contribution in [0.4, 0.5) is 10.8 Å². The molecule has 0 radical (unpaired) electrons. The van der Waals surface area contributed by atoms with E-state index in [-0.39, 0.29) is 0 Å². The zero-order valence-corrected chi connectivity index (χ0v) is 9.80. The fourth-order valence-corrected chi connectivity index (χ4v) is 2.06. The summed E-state index contributed by atoms with van der Waals surface area (Å²) >= 11 is 1.57. The average molecular weight is 230 g/mol. The lowest BCUT2D eigenvalue weighted by molar-refractivity contribution is 1.21. The van der Waals surface area contributed by atoms with E-state index >= 15 is 0 Å². The Morgan fingerprint density at radius 2 is 2.25 bits per heavy atom. The number of anilines is 2. The van der Waals surface area contributed by atoms with Gasteiger partial charge in [-0.3, -0.25) is 0 Å². The number of nitrogens with zero attached hydrogens (tertiary/aromatic N) is 3. The van der Waals surface area contributed by atoms with Crippen molar-refractivity contribution in [3.63, 3.8) is 0 Å². The molecule has 0 fully saturated rings. The summed E-state index contributed by atoms with van der Waals surface area (Å²) in [5.41, 5.74) is 2.08. The maximum atomic E-state index is 8.89. The van der Waals surface area contributed by atoms with Crippen LogP contribution in [0.15, 0.2) is 18.3 Å². The Bertz CT molecular complexity index is 534. The lowest BCUT2D eigenvalue weighted by Gasteiger charge is -2.02. The Kier molecular flexibility index (Phi) is 2.84. The molecule has 0 amide bonds. The van der Waals surface area contributed by atoms with Gasteiger partial charge in [-0.2, -0.15) is 5.26 Å². The van der Waals surface area contributed by atoms with Gasteiger partial charge in [-0.15, -0.1) is 11.3 Å². The predicted octanol–water partition coefficient (Wildman–Crippen LogP) is 2.77. The minimum Gasteiger partial charge on any atom is -0.329 e. The second-order valence-electron chi connectivity index (χ2n) is 3.30. The summed E-state index contributed by atoms with van der Waals surface area (Å²) in [5, 5.41) is 12.8. The van der Waals surface area contributed by atoms with Crippen LogP contribution < -0.4 is 5.32 Å². The number of nitriles is 1. The van der Waals surface area contributed by atoms with Crippen LogP contribution in [-0.4, -0.2) is 9.97 Å². The van der Waals surface area contributed by atoms with Gasteiger partial charge >= 0.3 is 0 Å². The van der Waals surface area contributed by atoms with E-state index in [4.69, 9.17) is 5.26 Å². The quantitative estimate of drug-likeness (QED) is 0.861. The highest BCUT2D eigenvalue weighted by Crippen LogP contribution is 2.25. The summed E-state index contributed by atoms with van der Waals surface area (Å²) in [6.07, 6.45) is 1.60. The lowest BCUT2D eigenvalue weighted by Crippen LogP contribution is -1.94. The Morgan fingerprint density at radius 1 is 1.44 bits per heavy atom. The van der Waals surface area contributed by atoms with Crippen molar-refractivity contribution >= 4 is 22.2 Å². The van der Waals surface area contributed by atoms with Gasteiger partial charge in [0, 0.05) is 11.1 Å². The van der Waals surface area contributed by atoms with E-state index in [9.17, 15) is 0 Å². The molecule has 0 atom stereocenters. The molecule has 4 nitrogen and oxygen atoms in total. The SMILES string of the molecule is Cc1nc(Nc2cccnc2C#N)sc1C. The van der Waals surface area contributed by atoms with E-state index in [1.54, 1.807) is 23.6 Å². The summed E-state index contributed by atoms with van der Waals surface area (Å²) < 4.78 is 0. The normalized spacial score (nSPS) is 9.81. The fraction of sp³-hybridized carbons (Fsp3) is 0.182. The topological polar surface area (TPSA) is 61.6 Å². The number of hydrogen-bond donors (Lipinski definition) is 1. The van der Waals surface area contributed by atoms with E-state index in [2.05, 4.69) is 15.3 Å². The molecule has 0 aromatic carbocycles. The van der Waals surface area contributed by atoms with E-state index in [0.717, 1.165) is 10.8 Å². The highest BCUT2D eigenvalue weighted by Gasteiger charge is 2.06. The Hall–Kier alpha value is -1.93. The molecule has 0 aliphatic carbocycles. The molecule has 1 N–H and O–H groups in total. The first-order chi connectivity index (χ1) is 7.70. The number of pyridine rings is 1. The van der Waals surface area contributed by atoms with Crippen LogP contribution in [0.3, 0.4) is 0 Å². The summed E-state index contributed by atoms with van der Waals surface area (Å²) in [4.78, 5) is 9.50. The maximum absolute atomic E-state index is 8.89. The highest BCUT2D eigenvalue weighted by atomic mass is 32.1. The van der Waals surface area contributed by atoms with E-state index < -0.39 is 0 Å². The molecular weight excluding hydrogens is 220 g/mol. The van der Waals surface area contributed by atoms with Crippen molar-refractivity contribution in [1.82, 2.24) is 9.97 Å². The van der Waals surface area contributed by atoms with Gasteiger partial charge < -0.3 is 5.32 Å². The van der Waals surface area contributed by atoms with Crippen LogP contribution in [0.2, 0.25) is 0 Å². The third-order valence-corrected chi connectivity index (χ3v) is 3.17. The summed E-state index contributed by atoms with van der Waals surface area (Å²) in [6, 6.07) is 5.65. The van der Waals surface area contributed by atoms with Gasteiger partial charge in [-0.05, 0) is 26.0 Å². The molecule has 2 aromatic heterocycles. The van der Waals surface area contributed by atoms with Crippen LogP contribution in [0.1, 0.15) is 16.3 Å². The van der Waals surface area contributed by atoms with Crippen molar-refractivity contribution in [3.05, 3.63) is 34.6 Å². The van der Waals surface area contributed by atoms with Crippen LogP contribution in [0.25, 0.3) is 0 Å². The molecule has 5 heteroatoms. The van der Waals surface area contributed by atoms with Crippen LogP contribution in [0, 0.1) is 25.2 Å². The van der Waals surface area contributed by atoms with E-state index in [1.165, 1.54) is 4.88 Å². The number of thiazole rings is 1. The Balaban J connectivity index is 2.31. The Labute approximate surface area is 97.6 Å². The van der Waals surface area contributed by atoms with Crippen LogP contribution in [-0.2, 0) is 0 Å². The van der Waals surface area contributed by atoms with Gasteiger partial charge in [-0.1, -0.05) is 0 Å². The van der Waals surface area contributed by atoms with Gasteiger partial charge in [0.2, 0.25) is 0 Å². The van der Waals surface area contributed by atoms with Gasteiger partial charge in [0.25, 0.3) is 0 Å². The molecule has 0 unspecified atom stereocenters. The molecule has 2 heterocycles. The lowest BCUT2D eigenvalue weighted by atomic mass is 10.3. The van der Waals surface area contributed by atoms with Crippen molar-refractivity contribution in [2.45, 2.75) is 13.8 Å². The maximum Gasteiger partial charge on any atom is 0.187 e. The van der Waals surface area contributed by atoms with Crippen LogP contribution in [0.5, 0.6) is 0 Å². The minimum absolute atomic E-state index is 0.382. The summed E-state index contributed by atoms with van der Waals surface area (Å²) in [7, 11) is 0. The third-order valence-electron chi connectivity index (χ3n) is 2.18. The second kappa shape index (κ2) is 4.29. The van der Waals surface area contributed by atoms with Gasteiger partial charge in [-0.25, -0.2) is 9.97 Å². The number of nitrogens with one attached hydrogen (secondary N) is 1. The standard InChI is InChI=1S/C11H10N4S/c1-7-8(2)16-11(14-7)15-9-4-3-5-13-10(9)6-12/h3-5H,1-2H3,(H,14,15). The van der Waals surface area contributed by atoms with Crippen molar-refractivity contribution < 1.29 is 0 Å². The Morgan fingerprint density at radius 3 is 2.88 bits per heavy atom. The van der Waals surface area contributed by atoms with E-state index in [0.29, 0.717) is 11.4 Å². The monoisotopic (exact) mass is 230 g/mol. The zero-order chi connectivity index (χ0) is 11.5. The molecule has 0 bridgehead atoms. The van der Waals surface area contributed by atoms with Gasteiger partial charge in [0.15, 0.2) is 10.8 Å². The second-order valence-corrected chi connectivity index (χ2v) is 4.50. The zero-order valence-electron chi connectivity index (χ0n) is 8.98. The van der Waals surface area contributed by atoms with E-state index in [1.807, 2.05) is 26.0 Å². The number of hydrogen-bond acceptors (Lipinski definition) is 5. The molecule has 0 spiro atoms. The first kappa shape index (κ1) is 10.6. The number of rotatable bonds is 2. The van der Waals surface area contributed by atoms with Crippen molar-refractivity contribution in [2.75, 3.05) is 5.32 Å². The smallest absolute Gasteiger partial charge is 0.187 e. The summed E-state index contributed by atoms with van der Waals surface area (Å²) in [5.74, 6) is 0. The number of aryl methyl sites for hydroxylation is 2. The first-order valence-electron chi connectivity index (χ1n) is 4.77. The molecule has 2 rings (SSSR count). The molecule has 0 saturated carbocycles. The molecule has 2 aromatic rings. The minimum atomic E-state index is 0.382. The number of aromatic nitrogens is 2. The summed E-state index contributed by atoms with van der Waals surface area (Å²) in [6.45, 7) is 3.98. The molecular formula is C11H10N4S. The predicted molar refractivity (Wildman–Crippen MR) is 63.8 cm³/mol. The molecule has 0 saturated heterocycles. The molecule has 16 heavy (non-hydrogen) atoms. The van der Waals surface area contributed by atoms with Gasteiger partial charge in [0.05, 0.1) is 11.4 Å². The third kappa shape index (κ3) is 2.02. The highest BCUT2D eigenvalue weighted by molar-refractivity contribution is 7.15. The van der Waals surface area contributed by atoms with Gasteiger partial charge in [0.1, 0.15) is 6.07 Å². The van der Waals surface area contributed by atoms with Crippen molar-refractivity contribution in [2.24, 2.45) is 0 Å². The van der Waals surface area contributed by atoms with Crippen LogP contribution >= 0.6 is 11.3 Å². The molecule has 0 aliphatic heterocycles. The first-order valence-corrected chi connectivity index (χ1v) is 5.58. The average Bonchev–Trinajstić information content (AvgIpc) is 2.59. The molecule has 0 aliphatic rings. The largest absolute Gasteiger partial charge is 0.329 e. The van der Waals surface area contributed by atoms with Crippen molar-refractivity contribution in [1.29, 1.82) is 5.26 Å². The molecule has 80 valence electrons. The fourth-order valence-electron chi connectivity index (χ4n) is 1.24. The van der Waals surface area contributed by atoms with Crippen molar-refractivity contribution in [3.8, 4) is 6.07 Å².